The first-order chi connectivity index (χ1) is 18.7. The molecule has 3 amide bonds. The molecule has 0 saturated carbocycles. The van der Waals surface area contributed by atoms with Gasteiger partial charge in [0.2, 0.25) is 0 Å². The van der Waals surface area contributed by atoms with E-state index in [1.54, 1.807) is 35.2 Å². The van der Waals surface area contributed by atoms with Crippen LogP contribution in [0.2, 0.25) is 0 Å². The average molecular weight is 541 g/mol. The number of urea groups is 1. The molecule has 0 aliphatic carbocycles. The molecule has 2 aromatic carbocycles. The smallest absolute Gasteiger partial charge is 0.323 e. The lowest BCUT2D eigenvalue weighted by atomic mass is 10.0. The predicted molar refractivity (Wildman–Crippen MR) is 155 cm³/mol. The molecule has 0 fully saturated rings. The van der Waals surface area contributed by atoms with E-state index in [2.05, 4.69) is 22.5 Å². The Balaban J connectivity index is 1.93. The molecule has 1 aliphatic rings. The summed E-state index contributed by atoms with van der Waals surface area (Å²) >= 11 is 0. The Morgan fingerprint density at radius 1 is 1.10 bits per heavy atom. The minimum absolute atomic E-state index is 0.0227. The topological polar surface area (TPSA) is 103 Å². The number of aliphatic hydroxyl groups is 1. The van der Waals surface area contributed by atoms with Crippen LogP contribution in [0.4, 0.5) is 16.2 Å². The van der Waals surface area contributed by atoms with Crippen LogP contribution in [0.25, 0.3) is 0 Å². The fraction of sp³-hybridized carbons (Fsp3) is 0.533. The largest absolute Gasteiger partial charge is 0.490 e. The van der Waals surface area contributed by atoms with E-state index in [0.717, 1.165) is 25.8 Å². The molecule has 4 atom stereocenters. The van der Waals surface area contributed by atoms with Gasteiger partial charge in [0.15, 0.2) is 0 Å². The number of hydrogen-bond donors (Lipinski definition) is 3. The zero-order valence-electron chi connectivity index (χ0n) is 23.9. The quantitative estimate of drug-likeness (QED) is 0.491. The van der Waals surface area contributed by atoms with Gasteiger partial charge in [0.1, 0.15) is 5.75 Å². The monoisotopic (exact) mass is 540 g/mol. The Labute approximate surface area is 232 Å². The van der Waals surface area contributed by atoms with Gasteiger partial charge in [0, 0.05) is 37.0 Å². The van der Waals surface area contributed by atoms with E-state index >= 15 is 0 Å². The number of aliphatic hydroxyl groups excluding tert-OH is 1. The Hall–Kier alpha value is -3.14. The summed E-state index contributed by atoms with van der Waals surface area (Å²) < 4.78 is 12.5. The molecule has 2 aromatic rings. The number of carbonyl (C=O) groups excluding carboxylic acids is 2. The summed E-state index contributed by atoms with van der Waals surface area (Å²) in [6.07, 6.45) is 2.51. The zero-order valence-corrected chi connectivity index (χ0v) is 23.9. The van der Waals surface area contributed by atoms with Crippen molar-refractivity contribution in [3.63, 3.8) is 0 Å². The minimum atomic E-state index is -0.420. The van der Waals surface area contributed by atoms with Crippen LogP contribution in [0.1, 0.15) is 50.4 Å². The molecule has 9 nitrogen and oxygen atoms in total. The number of likely N-dealkylation sites (N-methyl/N-ethyl adjacent to an activating group) is 1. The summed E-state index contributed by atoms with van der Waals surface area (Å²) in [6.45, 7) is 7.50. The lowest BCUT2D eigenvalue weighted by Crippen LogP contribution is -2.47. The third-order valence-electron chi connectivity index (χ3n) is 6.89. The first kappa shape index (κ1) is 30.4. The second-order valence-corrected chi connectivity index (χ2v) is 10.7. The van der Waals surface area contributed by atoms with Gasteiger partial charge in [-0.3, -0.25) is 4.79 Å². The summed E-state index contributed by atoms with van der Waals surface area (Å²) in [6, 6.07) is 13.4. The lowest BCUT2D eigenvalue weighted by Gasteiger charge is -2.35. The van der Waals surface area contributed by atoms with Crippen molar-refractivity contribution in [3.8, 4) is 5.75 Å². The van der Waals surface area contributed by atoms with Crippen molar-refractivity contribution in [2.45, 2.75) is 58.3 Å². The molecule has 0 bridgehead atoms. The molecular weight excluding hydrogens is 496 g/mol. The first-order valence-electron chi connectivity index (χ1n) is 13.8. The molecule has 9 heteroatoms. The standard InChI is InChI=1S/C30H44N4O5/c1-21-18-34(22(2)20-35)29(36)26-17-25(32-30(37)31-24-12-7-6-8-13-24)14-15-27(26)39-23(3)11-9-10-16-38-28(21)19-33(4)5/h6-8,12-15,17,21-23,28,35H,9-11,16,18-20H2,1-5H3,(H2,31,32,37)/t21-,22-,23+,28+/m1/s1. The molecule has 0 radical (unpaired) electrons. The minimum Gasteiger partial charge on any atom is -0.490 e. The maximum Gasteiger partial charge on any atom is 0.323 e. The number of nitrogens with zero attached hydrogens (tertiary/aromatic N) is 2. The lowest BCUT2D eigenvalue weighted by molar-refractivity contribution is -0.0137. The number of para-hydroxylation sites is 1. The Bertz CT molecular complexity index is 1060. The summed E-state index contributed by atoms with van der Waals surface area (Å²) in [5.74, 6) is 0.218. The van der Waals surface area contributed by atoms with Crippen molar-refractivity contribution in [2.24, 2.45) is 5.92 Å². The Morgan fingerprint density at radius 2 is 1.82 bits per heavy atom. The molecule has 39 heavy (non-hydrogen) atoms. The average Bonchev–Trinajstić information content (AvgIpc) is 2.90. The van der Waals surface area contributed by atoms with E-state index < -0.39 is 12.1 Å². The number of amides is 3. The number of benzene rings is 2. The number of hydrogen-bond acceptors (Lipinski definition) is 6. The van der Waals surface area contributed by atoms with Gasteiger partial charge in [-0.05, 0) is 77.5 Å². The van der Waals surface area contributed by atoms with Gasteiger partial charge in [0.25, 0.3) is 5.91 Å². The van der Waals surface area contributed by atoms with E-state index in [9.17, 15) is 14.7 Å². The molecule has 0 spiro atoms. The second kappa shape index (κ2) is 14.9. The van der Waals surface area contributed by atoms with Gasteiger partial charge in [-0.15, -0.1) is 0 Å². The number of anilines is 2. The fourth-order valence-corrected chi connectivity index (χ4v) is 4.64. The molecular formula is C30H44N4O5. The van der Waals surface area contributed by atoms with Crippen LogP contribution < -0.4 is 15.4 Å². The normalized spacial score (nSPS) is 21.9. The van der Waals surface area contributed by atoms with E-state index in [-0.39, 0.29) is 30.6 Å². The van der Waals surface area contributed by atoms with Crippen LogP contribution in [-0.4, -0.2) is 85.5 Å². The molecule has 1 aliphatic heterocycles. The maximum absolute atomic E-state index is 14.1. The van der Waals surface area contributed by atoms with Crippen LogP contribution in [0.3, 0.4) is 0 Å². The van der Waals surface area contributed by atoms with E-state index in [0.29, 0.717) is 35.8 Å². The molecule has 0 saturated heterocycles. The SMILES string of the molecule is C[C@@H]1CN([C@H](C)CO)C(=O)c2cc(NC(=O)Nc3ccccc3)ccc2O[C@@H](C)CCCCO[C@H]1CN(C)C. The van der Waals surface area contributed by atoms with Crippen LogP contribution in [0, 0.1) is 5.92 Å². The number of rotatable bonds is 6. The summed E-state index contributed by atoms with van der Waals surface area (Å²) in [4.78, 5) is 30.5. The van der Waals surface area contributed by atoms with E-state index in [1.165, 1.54) is 0 Å². The van der Waals surface area contributed by atoms with Crippen molar-refractivity contribution >= 4 is 23.3 Å². The van der Waals surface area contributed by atoms with Crippen molar-refractivity contribution in [1.29, 1.82) is 0 Å². The highest BCUT2D eigenvalue weighted by Gasteiger charge is 2.30. The third-order valence-corrected chi connectivity index (χ3v) is 6.89. The Morgan fingerprint density at radius 3 is 2.51 bits per heavy atom. The fourth-order valence-electron chi connectivity index (χ4n) is 4.64. The molecule has 1 heterocycles. The van der Waals surface area contributed by atoms with Gasteiger partial charge < -0.3 is 35.0 Å². The van der Waals surface area contributed by atoms with Gasteiger partial charge in [-0.25, -0.2) is 4.79 Å². The maximum atomic E-state index is 14.1. The zero-order chi connectivity index (χ0) is 28.4. The molecule has 0 unspecified atom stereocenters. The van der Waals surface area contributed by atoms with Crippen LogP contribution in [-0.2, 0) is 4.74 Å². The molecule has 214 valence electrons. The number of carbonyl (C=O) groups is 2. The van der Waals surface area contributed by atoms with Crippen LogP contribution in [0.5, 0.6) is 5.75 Å². The number of nitrogens with one attached hydrogen (secondary N) is 2. The van der Waals surface area contributed by atoms with Gasteiger partial charge in [0.05, 0.1) is 30.4 Å². The Kier molecular flexibility index (Phi) is 11.6. The van der Waals surface area contributed by atoms with Gasteiger partial charge in [-0.1, -0.05) is 25.1 Å². The molecule has 3 N–H and O–H groups in total. The van der Waals surface area contributed by atoms with Crippen LogP contribution >= 0.6 is 0 Å². The van der Waals surface area contributed by atoms with Gasteiger partial charge >= 0.3 is 6.03 Å². The highest BCUT2D eigenvalue weighted by atomic mass is 16.5. The van der Waals surface area contributed by atoms with Crippen molar-refractivity contribution in [1.82, 2.24) is 9.80 Å². The third kappa shape index (κ3) is 9.23. The summed E-state index contributed by atoms with van der Waals surface area (Å²) in [5, 5.41) is 15.7. The van der Waals surface area contributed by atoms with Crippen molar-refractivity contribution in [3.05, 3.63) is 54.1 Å². The van der Waals surface area contributed by atoms with E-state index in [4.69, 9.17) is 9.47 Å². The highest BCUT2D eigenvalue weighted by Crippen LogP contribution is 2.28. The summed E-state index contributed by atoms with van der Waals surface area (Å²) in [7, 11) is 4.02. The molecule has 3 rings (SSSR count). The molecule has 0 aromatic heterocycles. The number of fused-ring (bicyclic) bond motifs is 1. The van der Waals surface area contributed by atoms with Crippen molar-refractivity contribution < 1.29 is 24.2 Å². The van der Waals surface area contributed by atoms with Gasteiger partial charge in [-0.2, -0.15) is 0 Å². The number of ether oxygens (including phenoxy) is 2. The summed E-state index contributed by atoms with van der Waals surface area (Å²) in [5.41, 5.74) is 1.47. The first-order valence-corrected chi connectivity index (χ1v) is 13.8. The van der Waals surface area contributed by atoms with Crippen molar-refractivity contribution in [2.75, 3.05) is 51.0 Å². The second-order valence-electron chi connectivity index (χ2n) is 10.7. The van der Waals surface area contributed by atoms with Crippen LogP contribution in [0.15, 0.2) is 48.5 Å². The highest BCUT2D eigenvalue weighted by molar-refractivity contribution is 6.02. The van der Waals surface area contributed by atoms with E-state index in [1.807, 2.05) is 46.1 Å². The predicted octanol–water partition coefficient (Wildman–Crippen LogP) is 4.69.